The third-order valence-corrected chi connectivity index (χ3v) is 2.49. The molecule has 118 valence electrons. The normalized spacial score (nSPS) is 10.4. The molecule has 1 aromatic heterocycles. The zero-order valence-electron chi connectivity index (χ0n) is 12.4. The number of hydrogen-bond donors (Lipinski definition) is 1. The van der Waals surface area contributed by atoms with Gasteiger partial charge in [0.2, 0.25) is 5.82 Å². The second kappa shape index (κ2) is 9.03. The van der Waals surface area contributed by atoms with E-state index in [2.05, 4.69) is 15.3 Å². The lowest BCUT2D eigenvalue weighted by Gasteiger charge is -2.10. The molecule has 0 fully saturated rings. The maximum atomic E-state index is 11.2. The molecule has 0 saturated heterocycles. The number of aryl methyl sites for hydroxylation is 1. The smallest absolute Gasteiger partial charge is 0.372 e. The minimum Gasteiger partial charge on any atom is -0.470 e. The molecule has 0 saturated carbocycles. The van der Waals surface area contributed by atoms with Crippen molar-refractivity contribution in [1.29, 1.82) is 0 Å². The van der Waals surface area contributed by atoms with Crippen molar-refractivity contribution < 1.29 is 19.1 Å². The monoisotopic (exact) mass is 300 g/mol. The van der Waals surface area contributed by atoms with Crippen molar-refractivity contribution >= 4 is 11.5 Å². The fourth-order valence-corrected chi connectivity index (χ4v) is 1.57. The van der Waals surface area contributed by atoms with Gasteiger partial charge in [0.1, 0.15) is 12.4 Å². The van der Waals surface area contributed by atoms with Gasteiger partial charge >= 0.3 is 5.69 Å². The molecular weight excluding hydrogens is 280 g/mol. The number of nitro groups is 1. The lowest BCUT2D eigenvalue weighted by molar-refractivity contribution is -0.385. The van der Waals surface area contributed by atoms with Crippen LogP contribution < -0.4 is 10.1 Å². The van der Waals surface area contributed by atoms with Crippen LogP contribution in [0.15, 0.2) is 0 Å². The van der Waals surface area contributed by atoms with Crippen LogP contribution in [-0.4, -0.2) is 55.5 Å². The molecule has 0 bridgehead atoms. The summed E-state index contributed by atoms with van der Waals surface area (Å²) < 4.78 is 15.1. The molecule has 21 heavy (non-hydrogen) atoms. The van der Waals surface area contributed by atoms with Crippen molar-refractivity contribution in [1.82, 2.24) is 9.97 Å². The highest BCUT2D eigenvalue weighted by atomic mass is 16.6. The van der Waals surface area contributed by atoms with Gasteiger partial charge in [-0.3, -0.25) is 10.1 Å². The van der Waals surface area contributed by atoms with E-state index in [-0.39, 0.29) is 24.0 Å². The summed E-state index contributed by atoms with van der Waals surface area (Å²) in [7, 11) is 3.12. The first-order valence-electron chi connectivity index (χ1n) is 6.47. The number of anilines is 1. The van der Waals surface area contributed by atoms with Crippen molar-refractivity contribution in [2.45, 2.75) is 13.3 Å². The lowest BCUT2D eigenvalue weighted by atomic mass is 10.4. The molecule has 0 aliphatic heterocycles. The van der Waals surface area contributed by atoms with Crippen LogP contribution in [0.2, 0.25) is 0 Å². The Balaban J connectivity index is 2.90. The molecule has 0 atom stereocenters. The number of methoxy groups -OCH3 is 2. The van der Waals surface area contributed by atoms with Crippen LogP contribution in [0.1, 0.15) is 12.2 Å². The second-order valence-electron chi connectivity index (χ2n) is 4.14. The molecule has 0 aliphatic rings. The Morgan fingerprint density at radius 2 is 1.90 bits per heavy atom. The number of hydrogen-bond acceptors (Lipinski definition) is 8. The average molecular weight is 300 g/mol. The van der Waals surface area contributed by atoms with Crippen molar-refractivity contribution in [2.24, 2.45) is 0 Å². The molecule has 1 N–H and O–H groups in total. The van der Waals surface area contributed by atoms with E-state index < -0.39 is 4.92 Å². The van der Waals surface area contributed by atoms with Gasteiger partial charge in [0.15, 0.2) is 0 Å². The van der Waals surface area contributed by atoms with Crippen molar-refractivity contribution in [3.05, 3.63) is 15.9 Å². The van der Waals surface area contributed by atoms with Gasteiger partial charge in [0.05, 0.1) is 11.5 Å². The molecule has 0 aliphatic carbocycles. The highest BCUT2D eigenvalue weighted by Crippen LogP contribution is 2.31. The Morgan fingerprint density at radius 1 is 1.19 bits per heavy atom. The van der Waals surface area contributed by atoms with E-state index in [1.165, 1.54) is 7.11 Å². The first kappa shape index (κ1) is 17.1. The van der Waals surface area contributed by atoms with E-state index in [4.69, 9.17) is 14.2 Å². The highest BCUT2D eigenvalue weighted by molar-refractivity contribution is 5.61. The van der Waals surface area contributed by atoms with E-state index in [1.54, 1.807) is 14.0 Å². The zero-order valence-corrected chi connectivity index (χ0v) is 12.4. The number of ether oxygens (including phenoxy) is 3. The van der Waals surface area contributed by atoms with Gasteiger partial charge in [-0.2, -0.15) is 4.98 Å². The molecule has 0 amide bonds. The lowest BCUT2D eigenvalue weighted by Crippen LogP contribution is -2.13. The van der Waals surface area contributed by atoms with Crippen molar-refractivity contribution in [3.8, 4) is 5.88 Å². The van der Waals surface area contributed by atoms with Gasteiger partial charge in [-0.15, -0.1) is 0 Å². The third kappa shape index (κ3) is 5.48. The van der Waals surface area contributed by atoms with Crippen LogP contribution in [0.3, 0.4) is 0 Å². The summed E-state index contributed by atoms with van der Waals surface area (Å²) in [6, 6.07) is 0. The van der Waals surface area contributed by atoms with Crippen molar-refractivity contribution in [2.75, 3.05) is 45.9 Å². The van der Waals surface area contributed by atoms with Gasteiger partial charge < -0.3 is 19.5 Å². The van der Waals surface area contributed by atoms with Crippen LogP contribution in [0.25, 0.3) is 0 Å². The summed E-state index contributed by atoms with van der Waals surface area (Å²) in [4.78, 5) is 18.7. The number of aromatic nitrogens is 2. The molecule has 1 heterocycles. The number of rotatable bonds is 10. The molecule has 0 unspecified atom stereocenters. The minimum absolute atomic E-state index is 0.0567. The fraction of sp³-hybridized carbons (Fsp3) is 0.667. The SMILES string of the molecule is COCCCNc1nc(C)nc(OCCOC)c1[N+](=O)[O-]. The Morgan fingerprint density at radius 3 is 2.52 bits per heavy atom. The minimum atomic E-state index is -0.555. The van der Waals surface area contributed by atoms with E-state index in [0.717, 1.165) is 0 Å². The predicted octanol–water partition coefficient (Wildman–Crippen LogP) is 1.17. The van der Waals surface area contributed by atoms with Gasteiger partial charge in [0, 0.05) is 27.4 Å². The summed E-state index contributed by atoms with van der Waals surface area (Å²) in [6.07, 6.45) is 0.705. The van der Waals surface area contributed by atoms with E-state index in [1.807, 2.05) is 0 Å². The molecule has 1 rings (SSSR count). The maximum absolute atomic E-state index is 11.2. The first-order valence-corrected chi connectivity index (χ1v) is 6.47. The Kier molecular flexibility index (Phi) is 7.33. The van der Waals surface area contributed by atoms with Crippen LogP contribution in [-0.2, 0) is 9.47 Å². The van der Waals surface area contributed by atoms with Crippen LogP contribution >= 0.6 is 0 Å². The molecule has 9 heteroatoms. The Hall–Kier alpha value is -2.00. The Labute approximate surface area is 122 Å². The van der Waals surface area contributed by atoms with E-state index >= 15 is 0 Å². The second-order valence-corrected chi connectivity index (χ2v) is 4.14. The fourth-order valence-electron chi connectivity index (χ4n) is 1.57. The average Bonchev–Trinajstić information content (AvgIpc) is 2.43. The van der Waals surface area contributed by atoms with Crippen LogP contribution in [0, 0.1) is 17.0 Å². The predicted molar refractivity (Wildman–Crippen MR) is 75.8 cm³/mol. The standard InChI is InChI=1S/C12H20N4O5/c1-9-14-11(13-5-4-6-19-2)10(16(17)18)12(15-9)21-8-7-20-3/h4-8H2,1-3H3,(H,13,14,15). The quantitative estimate of drug-likeness (QED) is 0.389. The first-order chi connectivity index (χ1) is 10.1. The van der Waals surface area contributed by atoms with E-state index in [9.17, 15) is 10.1 Å². The molecule has 1 aromatic rings. The summed E-state index contributed by atoms with van der Waals surface area (Å²) >= 11 is 0. The number of nitrogens with one attached hydrogen (secondary N) is 1. The van der Waals surface area contributed by atoms with Crippen molar-refractivity contribution in [3.63, 3.8) is 0 Å². The topological polar surface area (TPSA) is 109 Å². The summed E-state index contributed by atoms with van der Waals surface area (Å²) in [6.45, 7) is 3.20. The van der Waals surface area contributed by atoms with Gasteiger partial charge in [-0.05, 0) is 13.3 Å². The summed E-state index contributed by atoms with van der Waals surface area (Å²) in [5.41, 5.74) is -0.269. The molecular formula is C12H20N4O5. The molecule has 0 aromatic carbocycles. The summed E-state index contributed by atoms with van der Waals surface area (Å²) in [5.74, 6) is 0.483. The third-order valence-electron chi connectivity index (χ3n) is 2.49. The molecule has 0 radical (unpaired) electrons. The van der Waals surface area contributed by atoms with Gasteiger partial charge in [-0.25, -0.2) is 4.98 Å². The van der Waals surface area contributed by atoms with Gasteiger partial charge in [0.25, 0.3) is 5.88 Å². The zero-order chi connectivity index (χ0) is 15.7. The van der Waals surface area contributed by atoms with E-state index in [0.29, 0.717) is 32.0 Å². The van der Waals surface area contributed by atoms with Crippen LogP contribution in [0.5, 0.6) is 5.88 Å². The maximum Gasteiger partial charge on any atom is 0.372 e. The number of nitrogens with zero attached hydrogens (tertiary/aromatic N) is 3. The molecule has 9 nitrogen and oxygen atoms in total. The Bertz CT molecular complexity index is 469. The largest absolute Gasteiger partial charge is 0.470 e. The van der Waals surface area contributed by atoms with Crippen LogP contribution in [0.4, 0.5) is 11.5 Å². The molecule has 0 spiro atoms. The summed E-state index contributed by atoms with van der Waals surface area (Å²) in [5, 5.41) is 14.1. The van der Waals surface area contributed by atoms with Gasteiger partial charge in [-0.1, -0.05) is 0 Å². The highest BCUT2D eigenvalue weighted by Gasteiger charge is 2.25.